The van der Waals surface area contributed by atoms with Gasteiger partial charge in [-0.3, -0.25) is 0 Å². The lowest BCUT2D eigenvalue weighted by Gasteiger charge is -2.33. The van der Waals surface area contributed by atoms with Crippen LogP contribution >= 0.6 is 0 Å². The van der Waals surface area contributed by atoms with Gasteiger partial charge >= 0.3 is 0 Å². The summed E-state index contributed by atoms with van der Waals surface area (Å²) in [4.78, 5) is 0. The number of aryl methyl sites for hydroxylation is 1. The molecule has 3 unspecified atom stereocenters. The number of hydrogen-bond acceptors (Lipinski definition) is 0. The molecule has 1 fully saturated rings. The van der Waals surface area contributed by atoms with Crippen molar-refractivity contribution in [2.24, 2.45) is 28.6 Å². The molecular formula is C52H88. The van der Waals surface area contributed by atoms with Gasteiger partial charge in [-0.15, -0.1) is 13.2 Å². The Morgan fingerprint density at radius 2 is 1.40 bits per heavy atom. The van der Waals surface area contributed by atoms with Gasteiger partial charge < -0.3 is 0 Å². The third kappa shape index (κ3) is 26.0. The Morgan fingerprint density at radius 1 is 0.885 bits per heavy atom. The maximum absolute atomic E-state index is 4.43. The molecule has 0 spiro atoms. The predicted octanol–water partition coefficient (Wildman–Crippen LogP) is 17.8. The number of rotatable bonds is 13. The molecule has 0 saturated heterocycles. The molecule has 0 nitrogen and oxygen atoms in total. The maximum Gasteiger partial charge on any atom is 0.0163 e. The zero-order valence-electron chi connectivity index (χ0n) is 37.8. The second kappa shape index (κ2) is 30.6. The molecule has 0 bridgehead atoms. The van der Waals surface area contributed by atoms with Crippen LogP contribution in [0.2, 0.25) is 0 Å². The van der Waals surface area contributed by atoms with Crippen LogP contribution in [0.4, 0.5) is 0 Å². The lowest BCUT2D eigenvalue weighted by molar-refractivity contribution is 0.249. The van der Waals surface area contributed by atoms with Gasteiger partial charge in [0.1, 0.15) is 0 Å². The quantitative estimate of drug-likeness (QED) is 0.141. The van der Waals surface area contributed by atoms with E-state index in [-0.39, 0.29) is 10.8 Å². The highest BCUT2D eigenvalue weighted by Gasteiger charge is 2.29. The highest BCUT2D eigenvalue weighted by atomic mass is 14.3. The third-order valence-corrected chi connectivity index (χ3v) is 10.7. The Morgan fingerprint density at radius 3 is 1.73 bits per heavy atom. The van der Waals surface area contributed by atoms with Gasteiger partial charge in [-0.1, -0.05) is 204 Å². The molecular weight excluding hydrogens is 625 g/mol. The number of benzene rings is 1. The van der Waals surface area contributed by atoms with Gasteiger partial charge in [-0.2, -0.15) is 0 Å². The summed E-state index contributed by atoms with van der Waals surface area (Å²) in [6, 6.07) is 10.3. The first-order valence-electron chi connectivity index (χ1n) is 20.5. The Bertz CT molecular complexity index is 1230. The van der Waals surface area contributed by atoms with Crippen LogP contribution in [0, 0.1) is 35.5 Å². The third-order valence-electron chi connectivity index (χ3n) is 10.7. The highest BCUT2D eigenvalue weighted by Crippen LogP contribution is 2.42. The summed E-state index contributed by atoms with van der Waals surface area (Å²) in [5.41, 5.74) is 9.01. The topological polar surface area (TPSA) is 0 Å². The van der Waals surface area contributed by atoms with E-state index < -0.39 is 0 Å². The van der Waals surface area contributed by atoms with Crippen molar-refractivity contribution in [3.05, 3.63) is 132 Å². The molecule has 0 heteroatoms. The van der Waals surface area contributed by atoms with E-state index in [1.165, 1.54) is 65.5 Å². The van der Waals surface area contributed by atoms with Gasteiger partial charge in [0.05, 0.1) is 0 Å². The molecule has 2 rings (SSSR count). The summed E-state index contributed by atoms with van der Waals surface area (Å²) in [7, 11) is 0. The Hall–Kier alpha value is -2.86. The van der Waals surface area contributed by atoms with Crippen molar-refractivity contribution in [2.45, 2.75) is 169 Å². The van der Waals surface area contributed by atoms with E-state index in [1.54, 1.807) is 0 Å². The first kappa shape index (κ1) is 53.5. The summed E-state index contributed by atoms with van der Waals surface area (Å²) in [6.45, 7) is 50.9. The minimum absolute atomic E-state index is 0.0727. The van der Waals surface area contributed by atoms with Crippen molar-refractivity contribution in [2.75, 3.05) is 0 Å². The second-order valence-corrected chi connectivity index (χ2v) is 16.5. The van der Waals surface area contributed by atoms with E-state index in [0.717, 1.165) is 43.1 Å². The number of allylic oxidation sites excluding steroid dienone is 12. The average Bonchev–Trinajstić information content (AvgIpc) is 3.10. The molecule has 0 aliphatic heterocycles. The van der Waals surface area contributed by atoms with Crippen molar-refractivity contribution < 1.29 is 0 Å². The molecule has 52 heavy (non-hydrogen) atoms. The standard InChI is InChI=1S/C27H44.C9H18.C7H8.C5H10.C4H8/c1-12-16-25(19-24(14-3)20-26(9,10)21(5)6)27(11,15-4)23(8)18-17-22(7)13-2;1-3-9-7-5-4-6-8(9)2;1-7-5-3-2-4-6-7;1-4-5(2)3;1-4(2)3/h13-14,16-19,21H,3,8,12,15,20H2,1-2,4-7,9-11H3;8-9H,3-7H2,1-2H3;2-6H,1H3;2,4H2,1,3H3;1H2,2-3H3/b18-17-,22-13-,24-19+,25-16+;;;;. The molecule has 1 aromatic carbocycles. The second-order valence-electron chi connectivity index (χ2n) is 16.5. The van der Waals surface area contributed by atoms with Crippen molar-refractivity contribution in [1.82, 2.24) is 0 Å². The van der Waals surface area contributed by atoms with Gasteiger partial charge in [-0.25, -0.2) is 0 Å². The van der Waals surface area contributed by atoms with E-state index >= 15 is 0 Å². The first-order valence-corrected chi connectivity index (χ1v) is 20.5. The summed E-state index contributed by atoms with van der Waals surface area (Å²) in [5.74, 6) is 2.70. The van der Waals surface area contributed by atoms with Crippen molar-refractivity contribution in [3.63, 3.8) is 0 Å². The van der Waals surface area contributed by atoms with Gasteiger partial charge in [0.25, 0.3) is 0 Å². The zero-order chi connectivity index (χ0) is 40.9. The van der Waals surface area contributed by atoms with Crippen molar-refractivity contribution in [1.29, 1.82) is 0 Å². The van der Waals surface area contributed by atoms with Crippen LogP contribution in [0.15, 0.2) is 127 Å². The fraction of sp³-hybridized carbons (Fsp3) is 0.577. The van der Waals surface area contributed by atoms with E-state index in [2.05, 4.69) is 159 Å². The minimum Gasteiger partial charge on any atom is -0.100 e. The zero-order valence-corrected chi connectivity index (χ0v) is 37.8. The summed E-state index contributed by atoms with van der Waals surface area (Å²) < 4.78 is 0. The van der Waals surface area contributed by atoms with E-state index in [1.807, 2.05) is 45.0 Å². The van der Waals surface area contributed by atoms with Gasteiger partial charge in [0.2, 0.25) is 0 Å². The monoisotopic (exact) mass is 713 g/mol. The smallest absolute Gasteiger partial charge is 0.0163 e. The SMILES string of the molecule is C=C(C)C.C=C(C)CC.C=C/C(=C\C(=C/CC)C(C)(CC)C(=C)/C=C\C(C)=C/C)CC(C)(C)C(C)C.CCC1CCCCC1C.Cc1ccccc1. The van der Waals surface area contributed by atoms with E-state index in [0.29, 0.717) is 5.92 Å². The lowest BCUT2D eigenvalue weighted by atomic mass is 9.71. The Labute approximate surface area is 328 Å². The first-order chi connectivity index (χ1) is 24.2. The normalized spacial score (nSPS) is 17.4. The van der Waals surface area contributed by atoms with Crippen LogP contribution in [0.3, 0.4) is 0 Å². The summed E-state index contributed by atoms with van der Waals surface area (Å²) in [6.07, 6.45) is 24.8. The average molecular weight is 713 g/mol. The Kier molecular flexibility index (Phi) is 31.5. The molecule has 0 amide bonds. The van der Waals surface area contributed by atoms with Crippen LogP contribution in [-0.4, -0.2) is 0 Å². The predicted molar refractivity (Wildman–Crippen MR) is 244 cm³/mol. The van der Waals surface area contributed by atoms with Crippen molar-refractivity contribution in [3.8, 4) is 0 Å². The molecule has 0 radical (unpaired) electrons. The van der Waals surface area contributed by atoms with E-state index in [4.69, 9.17) is 0 Å². The van der Waals surface area contributed by atoms with Crippen LogP contribution < -0.4 is 0 Å². The summed E-state index contributed by atoms with van der Waals surface area (Å²) >= 11 is 0. The molecule has 3 atom stereocenters. The fourth-order valence-electron chi connectivity index (χ4n) is 5.44. The largest absolute Gasteiger partial charge is 0.100 e. The molecule has 0 aromatic heterocycles. The Balaban J connectivity index is -0.000000761. The van der Waals surface area contributed by atoms with E-state index in [9.17, 15) is 0 Å². The van der Waals surface area contributed by atoms with Crippen LogP contribution in [0.1, 0.15) is 167 Å². The van der Waals surface area contributed by atoms with Gasteiger partial charge in [0.15, 0.2) is 0 Å². The molecule has 0 N–H and O–H groups in total. The molecule has 1 aromatic rings. The molecule has 1 saturated carbocycles. The molecule has 1 aliphatic rings. The van der Waals surface area contributed by atoms with Gasteiger partial charge in [-0.05, 0) is 107 Å². The van der Waals surface area contributed by atoms with Gasteiger partial charge in [0, 0.05) is 5.41 Å². The van der Waals surface area contributed by atoms with Crippen LogP contribution in [0.25, 0.3) is 0 Å². The fourth-order valence-corrected chi connectivity index (χ4v) is 5.44. The highest BCUT2D eigenvalue weighted by molar-refractivity contribution is 5.43. The molecule has 296 valence electrons. The van der Waals surface area contributed by atoms with Crippen LogP contribution in [0.5, 0.6) is 0 Å². The molecule has 1 aliphatic carbocycles. The molecule has 0 heterocycles. The van der Waals surface area contributed by atoms with Crippen molar-refractivity contribution >= 4 is 0 Å². The maximum atomic E-state index is 4.43. The summed E-state index contributed by atoms with van der Waals surface area (Å²) in [5, 5.41) is 0. The minimum atomic E-state index is -0.0727. The van der Waals surface area contributed by atoms with Crippen LogP contribution in [-0.2, 0) is 0 Å². The number of hydrogen-bond donors (Lipinski definition) is 0. The lowest BCUT2D eigenvalue weighted by Crippen LogP contribution is -2.21.